The molecule has 0 aliphatic carbocycles. The van der Waals surface area contributed by atoms with Gasteiger partial charge in [0.25, 0.3) is 0 Å². The van der Waals surface area contributed by atoms with Gasteiger partial charge in [0.15, 0.2) is 7.05 Å². The van der Waals surface area contributed by atoms with Gasteiger partial charge in [-0.15, -0.1) is 0 Å². The van der Waals surface area contributed by atoms with E-state index in [1.165, 1.54) is 0 Å². The molecule has 4 nitrogen and oxygen atoms in total. The van der Waals surface area contributed by atoms with Crippen LogP contribution in [0.25, 0.3) is 10.9 Å². The monoisotopic (exact) mass is 210 g/mol. The van der Waals surface area contributed by atoms with Crippen molar-refractivity contribution in [3.05, 3.63) is 30.5 Å². The molecule has 74 valence electrons. The Morgan fingerprint density at radius 3 is 2.79 bits per heavy atom. The van der Waals surface area contributed by atoms with Crippen molar-refractivity contribution in [3.8, 4) is 0 Å². The van der Waals surface area contributed by atoms with Crippen LogP contribution in [0.4, 0.5) is 0 Å². The third-order valence-electron chi connectivity index (χ3n) is 2.06. The van der Waals surface area contributed by atoms with Gasteiger partial charge in [-0.25, -0.2) is 0 Å². The molecule has 0 radical (unpaired) electrons. The smallest absolute Gasteiger partial charge is 0.239 e. The van der Waals surface area contributed by atoms with E-state index < -0.39 is 8.46 Å². The Hall–Kier alpha value is -1.25. The van der Waals surface area contributed by atoms with E-state index in [1.54, 1.807) is 10.9 Å². The maximum Gasteiger partial charge on any atom is 0.239 e. The first-order chi connectivity index (χ1) is 6.33. The molecule has 1 atom stereocenters. The summed E-state index contributed by atoms with van der Waals surface area (Å²) in [5.74, 6) is 0. The molecule has 1 aromatic heterocycles. The van der Waals surface area contributed by atoms with E-state index in [0.29, 0.717) is 0 Å². The number of aromatic nitrogens is 2. The van der Waals surface area contributed by atoms with Crippen LogP contribution >= 0.6 is 8.46 Å². The number of hydrogen-bond acceptors (Lipinski definition) is 3. The Bertz CT molecular complexity index is 473. The minimum absolute atomic E-state index is 0. The van der Waals surface area contributed by atoms with E-state index in [-0.39, 0.29) is 5.48 Å². The molecule has 0 saturated heterocycles. The molecule has 5 heteroatoms. The molecule has 2 aromatic rings. The number of fused-ring (bicyclic) bond motifs is 1. The predicted molar refractivity (Wildman–Crippen MR) is 54.9 cm³/mol. The number of para-hydroxylation sites is 1. The summed E-state index contributed by atoms with van der Waals surface area (Å²) < 4.78 is 12.7. The van der Waals surface area contributed by atoms with Gasteiger partial charge in [-0.05, 0) is 11.2 Å². The highest BCUT2D eigenvalue weighted by molar-refractivity contribution is 7.34. The van der Waals surface area contributed by atoms with Crippen LogP contribution in [0.5, 0.6) is 0 Å². The van der Waals surface area contributed by atoms with Gasteiger partial charge in [0, 0.05) is 11.4 Å². The fraction of sp³-hybridized carbons (Fsp3) is 0.111. The summed E-state index contributed by atoms with van der Waals surface area (Å²) in [6.45, 7) is 0. The largest absolute Gasteiger partial charge is 0.870 e. The minimum atomic E-state index is -0.909. The van der Waals surface area contributed by atoms with Crippen molar-refractivity contribution in [1.29, 1.82) is 0 Å². The van der Waals surface area contributed by atoms with Crippen molar-refractivity contribution >= 4 is 24.7 Å². The first-order valence-electron chi connectivity index (χ1n) is 4.02. The standard InChI is InChI=1S/C9H10N2OP.H2O/c1-11-8-5-3-2-4-7(8)9(13-12)6-10-11;/h2-6H,13H2,1H3;1H2/q+1;/p-1. The van der Waals surface area contributed by atoms with E-state index in [2.05, 4.69) is 5.10 Å². The van der Waals surface area contributed by atoms with Crippen molar-refractivity contribution < 1.29 is 14.7 Å². The number of nitrogens with zero attached hydrogens (tertiary/aromatic N) is 2. The Labute approximate surface area is 82.7 Å². The summed E-state index contributed by atoms with van der Waals surface area (Å²) in [5, 5.41) is 5.99. The molecule has 1 heterocycles. The first-order valence-corrected chi connectivity index (χ1v) is 5.07. The van der Waals surface area contributed by atoms with Crippen molar-refractivity contribution in [1.82, 2.24) is 5.10 Å². The van der Waals surface area contributed by atoms with Gasteiger partial charge in [0.1, 0.15) is 6.20 Å². The second kappa shape index (κ2) is 4.31. The Morgan fingerprint density at radius 1 is 1.36 bits per heavy atom. The molecule has 1 aromatic carbocycles. The van der Waals surface area contributed by atoms with Crippen LogP contribution in [-0.2, 0) is 11.6 Å². The molecule has 0 aliphatic rings. The predicted octanol–water partition coefficient (Wildman–Crippen LogP) is 0.264. The lowest BCUT2D eigenvalue weighted by molar-refractivity contribution is -0.705. The van der Waals surface area contributed by atoms with E-state index in [4.69, 9.17) is 0 Å². The van der Waals surface area contributed by atoms with Crippen LogP contribution in [0, 0.1) is 0 Å². The van der Waals surface area contributed by atoms with Gasteiger partial charge < -0.3 is 10.0 Å². The molecule has 0 saturated carbocycles. The molecule has 14 heavy (non-hydrogen) atoms. The molecule has 0 amide bonds. The van der Waals surface area contributed by atoms with Crippen molar-refractivity contribution in [3.63, 3.8) is 0 Å². The Kier molecular flexibility index (Phi) is 3.33. The highest BCUT2D eigenvalue weighted by Gasteiger charge is 2.08. The van der Waals surface area contributed by atoms with Crippen LogP contribution in [0.2, 0.25) is 0 Å². The average Bonchev–Trinajstić information content (AvgIpc) is 2.19. The number of hydrogen-bond donors (Lipinski definition) is 0. The topological polar surface area (TPSA) is 63.8 Å². The highest BCUT2D eigenvalue weighted by atomic mass is 31.1. The second-order valence-electron chi connectivity index (χ2n) is 2.86. The van der Waals surface area contributed by atoms with Crippen LogP contribution in [0.1, 0.15) is 0 Å². The lowest BCUT2D eigenvalue weighted by Gasteiger charge is -1.96. The lowest BCUT2D eigenvalue weighted by Crippen LogP contribution is -2.35. The van der Waals surface area contributed by atoms with Crippen molar-refractivity contribution in [2.24, 2.45) is 7.05 Å². The first kappa shape index (κ1) is 10.8. The van der Waals surface area contributed by atoms with E-state index in [0.717, 1.165) is 16.2 Å². The van der Waals surface area contributed by atoms with Gasteiger partial charge in [0.2, 0.25) is 5.52 Å². The third kappa shape index (κ3) is 1.67. The van der Waals surface area contributed by atoms with Crippen LogP contribution in [-0.4, -0.2) is 10.6 Å². The minimum Gasteiger partial charge on any atom is -0.870 e. The second-order valence-corrected chi connectivity index (χ2v) is 3.72. The van der Waals surface area contributed by atoms with Gasteiger partial charge >= 0.3 is 0 Å². The zero-order valence-electron chi connectivity index (χ0n) is 7.71. The van der Waals surface area contributed by atoms with Crippen LogP contribution in [0.15, 0.2) is 30.5 Å². The molecule has 0 aliphatic heterocycles. The molecule has 1 N–H and O–H groups in total. The fourth-order valence-electron chi connectivity index (χ4n) is 1.37. The summed E-state index contributed by atoms with van der Waals surface area (Å²) >= 11 is 0. The number of rotatable bonds is 1. The normalized spacial score (nSPS) is 10.6. The fourth-order valence-corrected chi connectivity index (χ4v) is 1.87. The zero-order valence-corrected chi connectivity index (χ0v) is 8.87. The van der Waals surface area contributed by atoms with E-state index in [1.807, 2.05) is 31.3 Å². The third-order valence-corrected chi connectivity index (χ3v) is 2.77. The SMILES string of the molecule is C[n+]1ncc([PH2]=O)c2ccccc21.[OH-]. The van der Waals surface area contributed by atoms with Crippen molar-refractivity contribution in [2.75, 3.05) is 0 Å². The Balaban J connectivity index is 0.000000980. The number of aryl methyl sites for hydroxylation is 1. The molecular formula is C9H11N2O2P. The highest BCUT2D eigenvalue weighted by Crippen LogP contribution is 2.09. The maximum absolute atomic E-state index is 10.9. The molecule has 0 spiro atoms. The zero-order chi connectivity index (χ0) is 9.26. The summed E-state index contributed by atoms with van der Waals surface area (Å²) in [6.07, 6.45) is 1.67. The maximum atomic E-state index is 10.9. The van der Waals surface area contributed by atoms with E-state index >= 15 is 0 Å². The van der Waals surface area contributed by atoms with Gasteiger partial charge in [-0.3, -0.25) is 0 Å². The van der Waals surface area contributed by atoms with E-state index in [9.17, 15) is 4.57 Å². The van der Waals surface area contributed by atoms with Crippen LogP contribution in [0.3, 0.4) is 0 Å². The summed E-state index contributed by atoms with van der Waals surface area (Å²) in [7, 11) is 0.972. The summed E-state index contributed by atoms with van der Waals surface area (Å²) in [6, 6.07) is 7.84. The van der Waals surface area contributed by atoms with Gasteiger partial charge in [0.05, 0.1) is 13.8 Å². The molecule has 2 rings (SSSR count). The lowest BCUT2D eigenvalue weighted by atomic mass is 10.2. The molecule has 0 fully saturated rings. The van der Waals surface area contributed by atoms with Gasteiger partial charge in [-0.2, -0.15) is 0 Å². The Morgan fingerprint density at radius 2 is 2.07 bits per heavy atom. The quantitative estimate of drug-likeness (QED) is 0.501. The van der Waals surface area contributed by atoms with Gasteiger partial charge in [-0.1, -0.05) is 16.8 Å². The summed E-state index contributed by atoms with van der Waals surface area (Å²) in [4.78, 5) is 0. The van der Waals surface area contributed by atoms with Crippen molar-refractivity contribution in [2.45, 2.75) is 0 Å². The molecule has 1 unspecified atom stereocenters. The van der Waals surface area contributed by atoms with Crippen LogP contribution < -0.4 is 9.99 Å². The molecule has 0 bridgehead atoms. The number of benzene rings is 1. The summed E-state index contributed by atoms with van der Waals surface area (Å²) in [5.41, 5.74) is 1.02. The average molecular weight is 210 g/mol. The molecular weight excluding hydrogens is 199 g/mol.